The molecule has 1 aromatic heterocycles. The second kappa shape index (κ2) is 3.41. The Morgan fingerprint density at radius 1 is 1.25 bits per heavy atom. The molecular weight excluding hydrogens is 220 g/mol. The lowest BCUT2D eigenvalue weighted by Crippen LogP contribution is -2.15. The van der Waals surface area contributed by atoms with Crippen LogP contribution in [0.4, 0.5) is 8.78 Å². The predicted octanol–water partition coefficient (Wildman–Crippen LogP) is 1.50. The summed E-state index contributed by atoms with van der Waals surface area (Å²) in [6, 6.07) is 1.48. The Morgan fingerprint density at radius 3 is 2.50 bits per heavy atom. The van der Waals surface area contributed by atoms with Crippen molar-refractivity contribution in [2.75, 3.05) is 0 Å². The van der Waals surface area contributed by atoms with Crippen molar-refractivity contribution in [3.05, 3.63) is 45.8 Å². The summed E-state index contributed by atoms with van der Waals surface area (Å²) < 4.78 is 25.7. The smallest absolute Gasteiger partial charge is 0.341 e. The maximum absolute atomic E-state index is 12.9. The van der Waals surface area contributed by atoms with Gasteiger partial charge in [0.05, 0.1) is 5.52 Å². The number of carbonyl (C=O) groups is 1. The zero-order valence-electron chi connectivity index (χ0n) is 7.75. The largest absolute Gasteiger partial charge is 0.477 e. The molecule has 0 bridgehead atoms. The lowest BCUT2D eigenvalue weighted by atomic mass is 10.1. The number of hydrogen-bond donors (Lipinski definition) is 2. The molecule has 0 unspecified atom stereocenters. The van der Waals surface area contributed by atoms with Crippen molar-refractivity contribution in [1.29, 1.82) is 0 Å². The Morgan fingerprint density at radius 2 is 1.88 bits per heavy atom. The molecule has 16 heavy (non-hydrogen) atoms. The van der Waals surface area contributed by atoms with E-state index in [-0.39, 0.29) is 10.9 Å². The van der Waals surface area contributed by atoms with Gasteiger partial charge in [0.25, 0.3) is 0 Å². The number of halogens is 2. The van der Waals surface area contributed by atoms with E-state index in [1.807, 2.05) is 0 Å². The third-order valence-electron chi connectivity index (χ3n) is 2.15. The maximum atomic E-state index is 12.9. The first-order valence-electron chi connectivity index (χ1n) is 4.24. The number of nitrogens with one attached hydrogen (secondary N) is 1. The van der Waals surface area contributed by atoms with E-state index < -0.39 is 28.6 Å². The van der Waals surface area contributed by atoms with Gasteiger partial charge in [0.15, 0.2) is 11.6 Å². The standard InChI is InChI=1S/C10H5F2NO3/c11-6-1-4-8(2-7(6)12)13-3-5(9(4)14)10(15)16/h1-3H,(H,13,14)(H,15,16). The molecule has 2 aromatic rings. The van der Waals surface area contributed by atoms with Gasteiger partial charge in [0, 0.05) is 17.6 Å². The molecule has 82 valence electrons. The summed E-state index contributed by atoms with van der Waals surface area (Å²) in [6.07, 6.45) is 0.949. The van der Waals surface area contributed by atoms with Crippen molar-refractivity contribution in [2.24, 2.45) is 0 Å². The molecule has 0 fully saturated rings. The van der Waals surface area contributed by atoms with Gasteiger partial charge in [-0.3, -0.25) is 4.79 Å². The average molecular weight is 225 g/mol. The minimum absolute atomic E-state index is 0.0499. The molecule has 0 aliphatic carbocycles. The number of benzene rings is 1. The van der Waals surface area contributed by atoms with Gasteiger partial charge in [-0.25, -0.2) is 13.6 Å². The maximum Gasteiger partial charge on any atom is 0.341 e. The summed E-state index contributed by atoms with van der Waals surface area (Å²) in [6.45, 7) is 0. The highest BCUT2D eigenvalue weighted by molar-refractivity contribution is 5.92. The van der Waals surface area contributed by atoms with E-state index in [1.165, 1.54) is 0 Å². The Hall–Kier alpha value is -2.24. The van der Waals surface area contributed by atoms with Crippen molar-refractivity contribution in [3.8, 4) is 0 Å². The van der Waals surface area contributed by atoms with E-state index in [4.69, 9.17) is 5.11 Å². The monoisotopic (exact) mass is 225 g/mol. The minimum atomic E-state index is -1.42. The van der Waals surface area contributed by atoms with Crippen LogP contribution in [0, 0.1) is 11.6 Å². The van der Waals surface area contributed by atoms with E-state index in [9.17, 15) is 18.4 Å². The molecule has 0 saturated carbocycles. The second-order valence-corrected chi connectivity index (χ2v) is 3.15. The molecule has 0 aliphatic rings. The summed E-state index contributed by atoms with van der Waals surface area (Å²) in [7, 11) is 0. The zero-order valence-corrected chi connectivity index (χ0v) is 7.75. The number of aromatic nitrogens is 1. The van der Waals surface area contributed by atoms with Crippen LogP contribution in [0.3, 0.4) is 0 Å². The van der Waals surface area contributed by atoms with Crippen LogP contribution in [0.15, 0.2) is 23.1 Å². The van der Waals surface area contributed by atoms with Gasteiger partial charge in [0.1, 0.15) is 5.56 Å². The second-order valence-electron chi connectivity index (χ2n) is 3.15. The van der Waals surface area contributed by atoms with E-state index in [0.717, 1.165) is 12.3 Å². The van der Waals surface area contributed by atoms with Crippen LogP contribution >= 0.6 is 0 Å². The van der Waals surface area contributed by atoms with E-state index >= 15 is 0 Å². The zero-order chi connectivity index (χ0) is 11.9. The molecule has 0 saturated heterocycles. The van der Waals surface area contributed by atoms with Crippen molar-refractivity contribution < 1.29 is 18.7 Å². The Bertz CT molecular complexity index is 648. The summed E-state index contributed by atoms with van der Waals surface area (Å²) >= 11 is 0. The Kier molecular flexibility index (Phi) is 2.19. The number of fused-ring (bicyclic) bond motifs is 1. The third kappa shape index (κ3) is 1.44. The van der Waals surface area contributed by atoms with Gasteiger partial charge in [-0.15, -0.1) is 0 Å². The van der Waals surface area contributed by atoms with E-state index in [0.29, 0.717) is 6.07 Å². The molecule has 0 atom stereocenters. The molecule has 1 aromatic carbocycles. The summed E-state index contributed by atoms with van der Waals surface area (Å²) in [4.78, 5) is 24.6. The van der Waals surface area contributed by atoms with Crippen LogP contribution in [-0.2, 0) is 0 Å². The molecule has 0 amide bonds. The highest BCUT2D eigenvalue weighted by atomic mass is 19.2. The van der Waals surface area contributed by atoms with E-state index in [2.05, 4.69) is 4.98 Å². The number of carboxylic acid groups (broad SMARTS) is 1. The summed E-state index contributed by atoms with van der Waals surface area (Å²) in [5.41, 5.74) is -1.31. The Balaban J connectivity index is 2.90. The quantitative estimate of drug-likeness (QED) is 0.772. The molecule has 0 radical (unpaired) electrons. The number of carboxylic acids is 1. The van der Waals surface area contributed by atoms with Crippen LogP contribution in [0.1, 0.15) is 10.4 Å². The first kappa shape index (κ1) is 10.3. The highest BCUT2D eigenvalue weighted by Gasteiger charge is 2.13. The van der Waals surface area contributed by atoms with Crippen LogP contribution in [0.25, 0.3) is 10.9 Å². The average Bonchev–Trinajstić information content (AvgIpc) is 2.21. The number of pyridine rings is 1. The number of aromatic amines is 1. The number of rotatable bonds is 1. The summed E-state index contributed by atoms with van der Waals surface area (Å²) in [5, 5.41) is 8.47. The van der Waals surface area contributed by atoms with Crippen molar-refractivity contribution >= 4 is 16.9 Å². The van der Waals surface area contributed by atoms with Crippen molar-refractivity contribution in [1.82, 2.24) is 4.98 Å². The van der Waals surface area contributed by atoms with Crippen molar-refractivity contribution in [3.63, 3.8) is 0 Å². The fourth-order valence-electron chi connectivity index (χ4n) is 1.37. The first-order chi connectivity index (χ1) is 7.50. The first-order valence-corrected chi connectivity index (χ1v) is 4.24. The fourth-order valence-corrected chi connectivity index (χ4v) is 1.37. The molecule has 2 N–H and O–H groups in total. The molecule has 0 aliphatic heterocycles. The van der Waals surface area contributed by atoms with Gasteiger partial charge in [-0.2, -0.15) is 0 Å². The van der Waals surface area contributed by atoms with Gasteiger partial charge in [-0.05, 0) is 6.07 Å². The summed E-state index contributed by atoms with van der Waals surface area (Å²) in [5.74, 6) is -3.72. The topological polar surface area (TPSA) is 70.2 Å². The van der Waals surface area contributed by atoms with Crippen LogP contribution < -0.4 is 5.43 Å². The Labute approximate surface area is 87.1 Å². The third-order valence-corrected chi connectivity index (χ3v) is 2.15. The van der Waals surface area contributed by atoms with E-state index in [1.54, 1.807) is 0 Å². The molecule has 1 heterocycles. The number of H-pyrrole nitrogens is 1. The van der Waals surface area contributed by atoms with Gasteiger partial charge in [-0.1, -0.05) is 0 Å². The van der Waals surface area contributed by atoms with Gasteiger partial charge in [0.2, 0.25) is 5.43 Å². The molecule has 2 rings (SSSR count). The molecule has 0 spiro atoms. The lowest BCUT2D eigenvalue weighted by Gasteiger charge is -2.00. The SMILES string of the molecule is O=C(O)c1c[nH]c2cc(F)c(F)cc2c1=O. The van der Waals surface area contributed by atoms with Gasteiger partial charge < -0.3 is 10.1 Å². The lowest BCUT2D eigenvalue weighted by molar-refractivity contribution is 0.0695. The normalized spacial score (nSPS) is 10.6. The predicted molar refractivity (Wildman–Crippen MR) is 51.4 cm³/mol. The van der Waals surface area contributed by atoms with Crippen LogP contribution in [-0.4, -0.2) is 16.1 Å². The molecule has 4 nitrogen and oxygen atoms in total. The highest BCUT2D eigenvalue weighted by Crippen LogP contribution is 2.13. The number of aromatic carboxylic acids is 1. The van der Waals surface area contributed by atoms with Crippen LogP contribution in [0.5, 0.6) is 0 Å². The van der Waals surface area contributed by atoms with Gasteiger partial charge >= 0.3 is 5.97 Å². The van der Waals surface area contributed by atoms with Crippen molar-refractivity contribution in [2.45, 2.75) is 0 Å². The fraction of sp³-hybridized carbons (Fsp3) is 0. The minimum Gasteiger partial charge on any atom is -0.477 e. The van der Waals surface area contributed by atoms with Crippen LogP contribution in [0.2, 0.25) is 0 Å². The molecular formula is C10H5F2NO3. The molecule has 6 heteroatoms. The number of hydrogen-bond acceptors (Lipinski definition) is 2.